The first-order chi connectivity index (χ1) is 41.1. The normalized spacial score (nSPS) is 17.0. The molecule has 0 spiro atoms. The molecule has 2 saturated heterocycles. The number of pyridine rings is 1. The van der Waals surface area contributed by atoms with Gasteiger partial charge >= 0.3 is 6.18 Å². The zero-order chi connectivity index (χ0) is 59.9. The summed E-state index contributed by atoms with van der Waals surface area (Å²) in [7, 11) is 1.72. The van der Waals surface area contributed by atoms with Gasteiger partial charge in [0.1, 0.15) is 46.1 Å². The lowest BCUT2D eigenvalue weighted by atomic mass is 9.83. The van der Waals surface area contributed by atoms with Crippen molar-refractivity contribution in [2.24, 2.45) is 5.92 Å². The van der Waals surface area contributed by atoms with Crippen molar-refractivity contribution in [2.45, 2.75) is 89.6 Å². The van der Waals surface area contributed by atoms with Crippen LogP contribution in [0.4, 0.5) is 24.0 Å². The van der Waals surface area contributed by atoms with Gasteiger partial charge in [-0.25, -0.2) is 15.0 Å². The molecule has 3 aromatic carbocycles. The number of carbonyl (C=O) groups is 5. The summed E-state index contributed by atoms with van der Waals surface area (Å²) in [5.41, 5.74) is 2.04. The Kier molecular flexibility index (Phi) is 22.2. The number of anilines is 2. The number of aromatic nitrogens is 3. The molecule has 2 aliphatic heterocycles. The van der Waals surface area contributed by atoms with Gasteiger partial charge in [0.2, 0.25) is 17.6 Å². The molecule has 1 saturated carbocycles. The van der Waals surface area contributed by atoms with Crippen LogP contribution < -0.4 is 26.0 Å². The van der Waals surface area contributed by atoms with E-state index < -0.39 is 35.6 Å². The minimum Gasteiger partial charge on any atom is -0.491 e. The van der Waals surface area contributed by atoms with Crippen LogP contribution in [0, 0.1) is 5.92 Å². The highest BCUT2D eigenvalue weighted by Gasteiger charge is 2.40. The van der Waals surface area contributed by atoms with Gasteiger partial charge in [0.05, 0.1) is 56.4 Å². The fourth-order valence-corrected chi connectivity index (χ4v) is 12.5. The zero-order valence-corrected chi connectivity index (χ0v) is 49.7. The third-order valence-electron chi connectivity index (χ3n) is 15.6. The maximum Gasteiger partial charge on any atom is 0.416 e. The summed E-state index contributed by atoms with van der Waals surface area (Å²) in [5.74, 6) is -0.946. The lowest BCUT2D eigenvalue weighted by Gasteiger charge is -2.35. The molecule has 24 heteroatoms. The largest absolute Gasteiger partial charge is 0.491 e. The van der Waals surface area contributed by atoms with Crippen LogP contribution in [0.15, 0.2) is 84.2 Å². The van der Waals surface area contributed by atoms with Crippen molar-refractivity contribution in [3.05, 3.63) is 117 Å². The summed E-state index contributed by atoms with van der Waals surface area (Å²) in [6.45, 7) is 9.68. The average Bonchev–Trinajstić information content (AvgIpc) is 3.30. The molecular weight excluding hydrogens is 1140 g/mol. The molecule has 5 heterocycles. The predicted octanol–water partition coefficient (Wildman–Crippen LogP) is 8.86. The van der Waals surface area contributed by atoms with Gasteiger partial charge in [0.15, 0.2) is 5.13 Å². The van der Waals surface area contributed by atoms with Crippen molar-refractivity contribution in [3.63, 3.8) is 0 Å². The number of fused-ring (bicyclic) bond motifs is 1. The summed E-state index contributed by atoms with van der Waals surface area (Å²) in [6, 6.07) is 19.6. The number of thiazole rings is 2. The van der Waals surface area contributed by atoms with E-state index in [-0.39, 0.29) is 92.6 Å². The number of amides is 4. The lowest BCUT2D eigenvalue weighted by Crippen LogP contribution is -2.55. The molecule has 3 aliphatic rings. The van der Waals surface area contributed by atoms with Gasteiger partial charge in [-0.3, -0.25) is 34.2 Å². The van der Waals surface area contributed by atoms with Crippen LogP contribution in [0.2, 0.25) is 0 Å². The van der Waals surface area contributed by atoms with Crippen LogP contribution in [0.5, 0.6) is 5.75 Å². The number of alkyl halides is 3. The molecule has 3 aromatic heterocycles. The quantitative estimate of drug-likeness (QED) is 0.0280. The number of hydrogen-bond acceptors (Lipinski definition) is 17. The van der Waals surface area contributed by atoms with Crippen LogP contribution >= 0.6 is 22.7 Å². The molecule has 1 aliphatic carbocycles. The van der Waals surface area contributed by atoms with Gasteiger partial charge in [-0.05, 0) is 106 Å². The molecule has 3 fully saturated rings. The minimum absolute atomic E-state index is 0.0374. The fraction of sp³-hybridized carbons (Fsp3) is 0.475. The van der Waals surface area contributed by atoms with E-state index in [0.29, 0.717) is 75.0 Å². The van der Waals surface area contributed by atoms with E-state index in [2.05, 4.69) is 38.1 Å². The van der Waals surface area contributed by atoms with Crippen molar-refractivity contribution in [1.29, 1.82) is 0 Å². The van der Waals surface area contributed by atoms with Gasteiger partial charge in [0, 0.05) is 67.0 Å². The van der Waals surface area contributed by atoms with E-state index in [1.54, 1.807) is 80.0 Å². The standard InChI is InChI=1S/C61H73F3N10O9S2/c1-4-72-23-25-73(26-24-72)36-44-18-19-45(35-47(44)61(62,63)64)66-56(78)43-15-8-13-41(33-43)48-20-21-49-57(67-48)85-60(69-49)70-52(75)37-82-30-29-80-27-28-81-31-32-83-46-16-9-14-42(34-46)54(76)50-38-84-58(68-50)51-17-10-22-74(51)59(79)53(40-11-6-5-7-12-40)71-55(77)39(2)65-3/h8-9,13-16,18-21,33-35,38-40,51,53,65H,4-7,10-12,17,22-32,36-37H2,1-3H3,(H,66,78)(H,71,77)(H,69,70,75). The van der Waals surface area contributed by atoms with Crippen LogP contribution in [0.3, 0.4) is 0 Å². The number of carbonyl (C=O) groups excluding carboxylic acids is 5. The van der Waals surface area contributed by atoms with E-state index in [0.717, 1.165) is 82.0 Å². The van der Waals surface area contributed by atoms with Crippen LogP contribution in [-0.4, -0.2) is 164 Å². The molecule has 3 atom stereocenters. The molecule has 3 unspecified atom stereocenters. The van der Waals surface area contributed by atoms with E-state index in [9.17, 15) is 37.1 Å². The topological polar surface area (TPSA) is 219 Å². The number of piperazine rings is 1. The van der Waals surface area contributed by atoms with E-state index in [1.807, 2.05) is 9.80 Å². The number of hydrogen-bond donors (Lipinski definition) is 4. The summed E-state index contributed by atoms with van der Waals surface area (Å²) in [5, 5.41) is 14.2. The molecule has 4 N–H and O–H groups in total. The number of halogens is 3. The Labute approximate surface area is 500 Å². The predicted molar refractivity (Wildman–Crippen MR) is 319 cm³/mol. The van der Waals surface area contributed by atoms with E-state index in [1.165, 1.54) is 23.5 Å². The van der Waals surface area contributed by atoms with E-state index in [4.69, 9.17) is 28.9 Å². The lowest BCUT2D eigenvalue weighted by molar-refractivity contribution is -0.139. The molecule has 0 bridgehead atoms. The Hall–Kier alpha value is -6.77. The maximum atomic E-state index is 14.3. The molecule has 85 heavy (non-hydrogen) atoms. The molecule has 0 radical (unpaired) electrons. The monoisotopic (exact) mass is 1210 g/mol. The Bertz CT molecular complexity index is 3260. The van der Waals surface area contributed by atoms with Crippen LogP contribution in [-0.2, 0) is 41.3 Å². The Morgan fingerprint density at radius 1 is 0.753 bits per heavy atom. The Morgan fingerprint density at radius 3 is 2.24 bits per heavy atom. The second kappa shape index (κ2) is 30.0. The number of ether oxygens (including phenoxy) is 4. The van der Waals surface area contributed by atoms with Gasteiger partial charge < -0.3 is 44.7 Å². The SMILES string of the molecule is CCN1CCN(Cc2ccc(NC(=O)c3cccc(-c4ccc5nc(NC(=O)COCCOCCOCCOc6cccc(C(=O)c7csc(C8CCCN8C(=O)C(NC(=O)C(C)NC)C8CCCCC8)n7)c6)sc5n4)c3)cc2C(F)(F)F)CC1. The first-order valence-corrected chi connectivity index (χ1v) is 30.7. The smallest absolute Gasteiger partial charge is 0.416 e. The second-order valence-electron chi connectivity index (χ2n) is 21.3. The molecule has 19 nitrogen and oxygen atoms in total. The number of likely N-dealkylation sites (tertiary alicyclic amines) is 1. The number of likely N-dealkylation sites (N-methyl/N-ethyl adjacent to an activating group) is 2. The van der Waals surface area contributed by atoms with Gasteiger partial charge in [0.25, 0.3) is 11.8 Å². The molecular formula is C61H73F3N10O9S2. The van der Waals surface area contributed by atoms with Crippen molar-refractivity contribution < 1.29 is 56.1 Å². The number of ketones is 1. The maximum absolute atomic E-state index is 14.3. The van der Waals surface area contributed by atoms with Crippen LogP contribution in [0.25, 0.3) is 21.6 Å². The Balaban J connectivity index is 0.656. The van der Waals surface area contributed by atoms with Crippen LogP contribution in [0.1, 0.15) is 107 Å². The highest BCUT2D eigenvalue weighted by atomic mass is 32.1. The van der Waals surface area contributed by atoms with Gasteiger partial charge in [-0.1, -0.05) is 67.9 Å². The van der Waals surface area contributed by atoms with Crippen molar-refractivity contribution in [2.75, 3.05) is 103 Å². The number of rotatable bonds is 27. The number of benzene rings is 3. The summed E-state index contributed by atoms with van der Waals surface area (Å²) in [6.07, 6.45) is 1.92. The van der Waals surface area contributed by atoms with Gasteiger partial charge in [-0.2, -0.15) is 13.2 Å². The zero-order valence-electron chi connectivity index (χ0n) is 48.0. The molecule has 454 valence electrons. The molecule has 9 rings (SSSR count). The number of nitrogens with zero attached hydrogens (tertiary/aromatic N) is 6. The van der Waals surface area contributed by atoms with Crippen molar-refractivity contribution >= 4 is 73.3 Å². The summed E-state index contributed by atoms with van der Waals surface area (Å²) < 4.78 is 65.4. The highest BCUT2D eigenvalue weighted by Crippen LogP contribution is 2.38. The second-order valence-corrected chi connectivity index (χ2v) is 23.2. The van der Waals surface area contributed by atoms with Crippen molar-refractivity contribution in [3.8, 4) is 17.0 Å². The molecule has 6 aromatic rings. The first-order valence-electron chi connectivity index (χ1n) is 29.0. The minimum atomic E-state index is -4.60. The Morgan fingerprint density at radius 2 is 1.48 bits per heavy atom. The third kappa shape index (κ3) is 17.0. The summed E-state index contributed by atoms with van der Waals surface area (Å²) in [4.78, 5) is 87.6. The fourth-order valence-electron chi connectivity index (χ4n) is 10.7. The average molecular weight is 1210 g/mol. The van der Waals surface area contributed by atoms with Crippen molar-refractivity contribution in [1.82, 2.24) is 40.3 Å². The third-order valence-corrected chi connectivity index (χ3v) is 17.4. The van der Waals surface area contributed by atoms with Gasteiger partial charge in [-0.15, -0.1) is 11.3 Å². The molecule has 4 amide bonds. The highest BCUT2D eigenvalue weighted by molar-refractivity contribution is 7.22. The first kappa shape index (κ1) is 62.8. The number of nitrogens with one attached hydrogen (secondary N) is 4. The summed E-state index contributed by atoms with van der Waals surface area (Å²) >= 11 is 2.53. The van der Waals surface area contributed by atoms with E-state index >= 15 is 0 Å².